The summed E-state index contributed by atoms with van der Waals surface area (Å²) in [5.41, 5.74) is 1.95. The molecule has 4 nitrogen and oxygen atoms in total. The Labute approximate surface area is 96.9 Å². The van der Waals surface area contributed by atoms with E-state index in [1.54, 1.807) is 0 Å². The maximum atomic E-state index is 5.99. The highest BCUT2D eigenvalue weighted by Gasteiger charge is 2.09. The predicted molar refractivity (Wildman–Crippen MR) is 62.8 cm³/mol. The largest absolute Gasteiger partial charge is 0.263 e. The lowest BCUT2D eigenvalue weighted by atomic mass is 10.2. The number of benzene rings is 1. The monoisotopic (exact) mass is 232 g/mol. The number of aryl methyl sites for hydroxylation is 2. The first-order valence-corrected chi connectivity index (χ1v) is 5.32. The molecule has 3 aromatic rings. The van der Waals surface area contributed by atoms with Gasteiger partial charge in [-0.05, 0) is 32.0 Å². The van der Waals surface area contributed by atoms with E-state index in [1.165, 1.54) is 0 Å². The van der Waals surface area contributed by atoms with Gasteiger partial charge in [-0.3, -0.25) is 4.40 Å². The van der Waals surface area contributed by atoms with Gasteiger partial charge in [0.15, 0.2) is 0 Å². The Bertz CT molecular complexity index is 702. The van der Waals surface area contributed by atoms with Gasteiger partial charge in [0, 0.05) is 10.4 Å². The summed E-state index contributed by atoms with van der Waals surface area (Å²) in [5, 5.41) is 9.79. The van der Waals surface area contributed by atoms with Gasteiger partial charge in [-0.15, -0.1) is 10.2 Å². The topological polar surface area (TPSA) is 43.1 Å². The first-order valence-electron chi connectivity index (χ1n) is 4.94. The molecule has 16 heavy (non-hydrogen) atoms. The molecule has 0 saturated heterocycles. The zero-order valence-electron chi connectivity index (χ0n) is 8.90. The molecular weight excluding hydrogens is 224 g/mol. The van der Waals surface area contributed by atoms with Gasteiger partial charge in [-0.2, -0.15) is 0 Å². The van der Waals surface area contributed by atoms with Gasteiger partial charge < -0.3 is 0 Å². The van der Waals surface area contributed by atoms with Crippen LogP contribution in [0.1, 0.15) is 11.5 Å². The van der Waals surface area contributed by atoms with Crippen LogP contribution in [-0.2, 0) is 0 Å². The van der Waals surface area contributed by atoms with Gasteiger partial charge in [0.2, 0.25) is 0 Å². The van der Waals surface area contributed by atoms with Crippen LogP contribution in [0.3, 0.4) is 0 Å². The predicted octanol–water partition coefficient (Wildman–Crippen LogP) is 2.55. The number of halogens is 1. The molecule has 0 radical (unpaired) electrons. The average Bonchev–Trinajstić information content (AvgIpc) is 2.61. The Balaban J connectivity index is 2.62. The SMILES string of the molecule is Cc1nc2nnc(C)n2c2ccc(Cl)cc12. The summed E-state index contributed by atoms with van der Waals surface area (Å²) in [5.74, 6) is 1.46. The molecule has 0 aliphatic heterocycles. The Morgan fingerprint density at radius 2 is 2.00 bits per heavy atom. The lowest BCUT2D eigenvalue weighted by Gasteiger charge is -2.05. The summed E-state index contributed by atoms with van der Waals surface area (Å²) in [6.45, 7) is 3.85. The van der Waals surface area contributed by atoms with Gasteiger partial charge in [-0.1, -0.05) is 11.6 Å². The van der Waals surface area contributed by atoms with Crippen molar-refractivity contribution in [1.82, 2.24) is 19.6 Å². The third-order valence-electron chi connectivity index (χ3n) is 2.66. The van der Waals surface area contributed by atoms with Gasteiger partial charge in [0.1, 0.15) is 5.82 Å². The van der Waals surface area contributed by atoms with Crippen molar-refractivity contribution in [1.29, 1.82) is 0 Å². The molecule has 0 unspecified atom stereocenters. The molecule has 0 spiro atoms. The second-order valence-electron chi connectivity index (χ2n) is 3.74. The number of aromatic nitrogens is 4. The molecule has 0 saturated carbocycles. The molecule has 0 atom stereocenters. The molecule has 2 aromatic heterocycles. The van der Waals surface area contributed by atoms with Crippen molar-refractivity contribution in [2.24, 2.45) is 0 Å². The van der Waals surface area contributed by atoms with Crippen molar-refractivity contribution in [3.8, 4) is 0 Å². The van der Waals surface area contributed by atoms with E-state index in [2.05, 4.69) is 15.2 Å². The summed E-state index contributed by atoms with van der Waals surface area (Å²) in [4.78, 5) is 4.40. The maximum Gasteiger partial charge on any atom is 0.255 e. The van der Waals surface area contributed by atoms with Crippen LogP contribution in [0.25, 0.3) is 16.7 Å². The highest BCUT2D eigenvalue weighted by molar-refractivity contribution is 6.31. The Kier molecular flexibility index (Phi) is 1.88. The number of rotatable bonds is 0. The second-order valence-corrected chi connectivity index (χ2v) is 4.18. The number of nitrogens with zero attached hydrogens (tertiary/aromatic N) is 4. The van der Waals surface area contributed by atoms with Gasteiger partial charge >= 0.3 is 0 Å². The van der Waals surface area contributed by atoms with E-state index in [-0.39, 0.29) is 0 Å². The summed E-state index contributed by atoms with van der Waals surface area (Å²) in [6.07, 6.45) is 0. The zero-order chi connectivity index (χ0) is 11.3. The van der Waals surface area contributed by atoms with Gasteiger partial charge in [0.25, 0.3) is 5.78 Å². The fourth-order valence-electron chi connectivity index (χ4n) is 1.91. The van der Waals surface area contributed by atoms with Crippen LogP contribution >= 0.6 is 11.6 Å². The van der Waals surface area contributed by atoms with Crippen LogP contribution in [0.2, 0.25) is 5.02 Å². The van der Waals surface area contributed by atoms with Crippen molar-refractivity contribution in [3.63, 3.8) is 0 Å². The maximum absolute atomic E-state index is 5.99. The van der Waals surface area contributed by atoms with Crippen molar-refractivity contribution in [3.05, 3.63) is 34.7 Å². The summed E-state index contributed by atoms with van der Waals surface area (Å²) in [6, 6.07) is 5.75. The summed E-state index contributed by atoms with van der Waals surface area (Å²) < 4.78 is 1.93. The number of hydrogen-bond acceptors (Lipinski definition) is 3. The minimum absolute atomic E-state index is 0.629. The van der Waals surface area contributed by atoms with Crippen LogP contribution < -0.4 is 0 Å². The first kappa shape index (κ1) is 9.54. The van der Waals surface area contributed by atoms with E-state index >= 15 is 0 Å². The highest BCUT2D eigenvalue weighted by Crippen LogP contribution is 2.22. The highest BCUT2D eigenvalue weighted by atomic mass is 35.5. The van der Waals surface area contributed by atoms with Crippen LogP contribution in [0.4, 0.5) is 0 Å². The lowest BCUT2D eigenvalue weighted by molar-refractivity contribution is 1.02. The quantitative estimate of drug-likeness (QED) is 0.598. The van der Waals surface area contributed by atoms with Crippen molar-refractivity contribution in [2.75, 3.05) is 0 Å². The van der Waals surface area contributed by atoms with Crippen LogP contribution in [-0.4, -0.2) is 19.6 Å². The lowest BCUT2D eigenvalue weighted by Crippen LogP contribution is -1.96. The zero-order valence-corrected chi connectivity index (χ0v) is 9.65. The van der Waals surface area contributed by atoms with Gasteiger partial charge in [0.05, 0.1) is 11.2 Å². The average molecular weight is 233 g/mol. The van der Waals surface area contributed by atoms with Crippen LogP contribution in [0, 0.1) is 13.8 Å². The molecule has 0 fully saturated rings. The van der Waals surface area contributed by atoms with E-state index in [0.29, 0.717) is 10.8 Å². The summed E-state index contributed by atoms with van der Waals surface area (Å²) >= 11 is 5.99. The van der Waals surface area contributed by atoms with Crippen LogP contribution in [0.5, 0.6) is 0 Å². The molecule has 0 amide bonds. The molecule has 0 bridgehead atoms. The molecule has 0 aliphatic rings. The second kappa shape index (κ2) is 3.15. The number of hydrogen-bond donors (Lipinski definition) is 0. The molecular formula is C11H9ClN4. The standard InChI is InChI=1S/C11H9ClN4/c1-6-9-5-8(12)3-4-10(9)16-7(2)14-15-11(16)13-6/h3-5H,1-2H3. The minimum Gasteiger partial charge on any atom is -0.263 e. The summed E-state index contributed by atoms with van der Waals surface area (Å²) in [7, 11) is 0. The van der Waals surface area contributed by atoms with Crippen molar-refractivity contribution >= 4 is 28.3 Å². The van der Waals surface area contributed by atoms with E-state index in [0.717, 1.165) is 22.4 Å². The fraction of sp³-hybridized carbons (Fsp3) is 0.182. The Morgan fingerprint density at radius 1 is 1.19 bits per heavy atom. The first-order chi connectivity index (χ1) is 7.66. The van der Waals surface area contributed by atoms with E-state index < -0.39 is 0 Å². The molecule has 5 heteroatoms. The Morgan fingerprint density at radius 3 is 2.81 bits per heavy atom. The number of fused-ring (bicyclic) bond motifs is 3. The van der Waals surface area contributed by atoms with E-state index in [1.807, 2.05) is 36.4 Å². The van der Waals surface area contributed by atoms with Crippen molar-refractivity contribution in [2.45, 2.75) is 13.8 Å². The minimum atomic E-state index is 0.629. The molecule has 0 N–H and O–H groups in total. The van der Waals surface area contributed by atoms with Crippen LogP contribution in [0.15, 0.2) is 18.2 Å². The molecule has 2 heterocycles. The van der Waals surface area contributed by atoms with E-state index in [9.17, 15) is 0 Å². The normalized spacial score (nSPS) is 11.4. The molecule has 0 aliphatic carbocycles. The Hall–Kier alpha value is -1.68. The smallest absolute Gasteiger partial charge is 0.255 e. The molecule has 1 aromatic carbocycles. The van der Waals surface area contributed by atoms with Crippen molar-refractivity contribution < 1.29 is 0 Å². The van der Waals surface area contributed by atoms with E-state index in [4.69, 9.17) is 11.6 Å². The fourth-order valence-corrected chi connectivity index (χ4v) is 2.08. The third-order valence-corrected chi connectivity index (χ3v) is 2.90. The molecule has 80 valence electrons. The molecule has 3 rings (SSSR count). The third kappa shape index (κ3) is 1.20. The van der Waals surface area contributed by atoms with Gasteiger partial charge in [-0.25, -0.2) is 4.98 Å².